The van der Waals surface area contributed by atoms with Gasteiger partial charge in [-0.3, -0.25) is 0 Å². The molecule has 1 rings (SSSR count). The van der Waals surface area contributed by atoms with Crippen LogP contribution in [0.4, 0.5) is 0 Å². The maximum atomic E-state index is 5.25. The molecule has 0 saturated heterocycles. The average molecular weight is 172 g/mol. The van der Waals surface area contributed by atoms with Crippen molar-refractivity contribution in [3.63, 3.8) is 0 Å². The van der Waals surface area contributed by atoms with Crippen molar-refractivity contribution in [3.8, 4) is 0 Å². The first kappa shape index (κ1) is 11.9. The number of hydrogen-bond donors (Lipinski definition) is 0. The molecule has 60 valence electrons. The molecule has 0 unspecified atom stereocenters. The van der Waals surface area contributed by atoms with Crippen LogP contribution in [0.3, 0.4) is 0 Å². The van der Waals surface area contributed by atoms with Crippen molar-refractivity contribution in [2.75, 3.05) is 6.61 Å². The summed E-state index contributed by atoms with van der Waals surface area (Å²) in [6.45, 7) is 4.86. The van der Waals surface area contributed by atoms with Crippen LogP contribution < -0.4 is 29.6 Å². The summed E-state index contributed by atoms with van der Waals surface area (Å²) in [5.41, 5.74) is 1.20. The summed E-state index contributed by atoms with van der Waals surface area (Å²) in [5.74, 6) is 0. The van der Waals surface area contributed by atoms with Gasteiger partial charge in [0.1, 0.15) is 0 Å². The van der Waals surface area contributed by atoms with Crippen LogP contribution in [0, 0.1) is 0 Å². The average Bonchev–Trinajstić information content (AvgIpc) is 2.07. The smallest absolute Gasteiger partial charge is 1.00 e. The first-order valence-corrected chi connectivity index (χ1v) is 3.66. The summed E-state index contributed by atoms with van der Waals surface area (Å²) in [6.07, 6.45) is 1.75. The van der Waals surface area contributed by atoms with Crippen LogP contribution >= 0.6 is 0 Å². The van der Waals surface area contributed by atoms with E-state index in [2.05, 4.69) is 6.58 Å². The Hall–Kier alpha value is -0.0800. The fourth-order valence-electron chi connectivity index (χ4n) is 0.834. The third-order valence-corrected chi connectivity index (χ3v) is 1.35. The molecular weight excluding hydrogens is 159 g/mol. The third-order valence-electron chi connectivity index (χ3n) is 1.35. The van der Waals surface area contributed by atoms with Crippen molar-refractivity contribution < 1.29 is 35.7 Å². The van der Waals surface area contributed by atoms with Gasteiger partial charge in [-0.05, 0) is 5.56 Å². The Balaban J connectivity index is 0. The van der Waals surface area contributed by atoms with Gasteiger partial charge in [-0.2, -0.15) is 0 Å². The van der Waals surface area contributed by atoms with Crippen LogP contribution in [0.25, 0.3) is 0 Å². The largest absolute Gasteiger partial charge is 1.00 e. The van der Waals surface area contributed by atoms with E-state index in [1.807, 2.05) is 30.3 Å². The summed E-state index contributed by atoms with van der Waals surface area (Å²) >= 11 is 0. The van der Waals surface area contributed by atoms with E-state index >= 15 is 0 Å². The maximum Gasteiger partial charge on any atom is 1.00 e. The molecule has 0 aliphatic rings. The van der Waals surface area contributed by atoms with Gasteiger partial charge in [-0.1, -0.05) is 36.4 Å². The predicted molar refractivity (Wildman–Crippen MR) is 47.4 cm³/mol. The minimum Gasteiger partial charge on any atom is -1.00 e. The molecule has 0 fully saturated rings. The van der Waals surface area contributed by atoms with Crippen LogP contribution in [-0.4, -0.2) is 6.61 Å². The van der Waals surface area contributed by atoms with Crippen LogP contribution in [-0.2, 0) is 11.3 Å². The Morgan fingerprint density at radius 3 is 2.58 bits per heavy atom. The van der Waals surface area contributed by atoms with Crippen molar-refractivity contribution in [2.45, 2.75) is 6.61 Å². The maximum absolute atomic E-state index is 5.25. The number of hydrogen-bond acceptors (Lipinski definition) is 1. The van der Waals surface area contributed by atoms with E-state index in [1.165, 1.54) is 5.56 Å². The van der Waals surface area contributed by atoms with E-state index in [-0.39, 0.29) is 31.0 Å². The second kappa shape index (κ2) is 7.56. The minimum atomic E-state index is 0. The molecule has 0 atom stereocenters. The van der Waals surface area contributed by atoms with E-state index in [9.17, 15) is 0 Å². The van der Waals surface area contributed by atoms with Gasteiger partial charge >= 0.3 is 29.6 Å². The summed E-state index contributed by atoms with van der Waals surface area (Å²) in [4.78, 5) is 0. The van der Waals surface area contributed by atoms with Crippen molar-refractivity contribution >= 4 is 0 Å². The van der Waals surface area contributed by atoms with E-state index in [4.69, 9.17) is 4.74 Å². The second-order valence-corrected chi connectivity index (χ2v) is 2.29. The molecule has 2 heteroatoms. The molecule has 1 nitrogen and oxygen atoms in total. The second-order valence-electron chi connectivity index (χ2n) is 2.29. The van der Waals surface area contributed by atoms with Gasteiger partial charge < -0.3 is 6.16 Å². The van der Waals surface area contributed by atoms with Crippen molar-refractivity contribution in [1.82, 2.24) is 0 Å². The summed E-state index contributed by atoms with van der Waals surface area (Å²) < 4.78 is 5.25. The molecule has 0 amide bonds. The topological polar surface area (TPSA) is 9.23 Å². The zero-order valence-electron chi connectivity index (χ0n) is 8.49. The molecule has 0 aromatic heterocycles. The molecule has 0 saturated carbocycles. The van der Waals surface area contributed by atoms with E-state index in [0.717, 1.165) is 0 Å². The fourth-order valence-corrected chi connectivity index (χ4v) is 0.834. The molecule has 0 aliphatic carbocycles. The van der Waals surface area contributed by atoms with Gasteiger partial charge in [0, 0.05) is 0 Å². The quantitative estimate of drug-likeness (QED) is 0.338. The van der Waals surface area contributed by atoms with E-state index in [1.54, 1.807) is 6.08 Å². The predicted octanol–water partition coefficient (Wildman–Crippen LogP) is -0.494. The van der Waals surface area contributed by atoms with Crippen LogP contribution in [0.1, 0.15) is 6.99 Å². The molecule has 12 heavy (non-hydrogen) atoms. The molecule has 0 heterocycles. The van der Waals surface area contributed by atoms with Gasteiger partial charge in [0.25, 0.3) is 0 Å². The van der Waals surface area contributed by atoms with E-state index in [0.29, 0.717) is 13.2 Å². The van der Waals surface area contributed by atoms with Crippen molar-refractivity contribution in [2.24, 2.45) is 0 Å². The fraction of sp³-hybridized carbons (Fsp3) is 0.200. The Labute approximate surface area is 97.2 Å². The Morgan fingerprint density at radius 1 is 1.33 bits per heavy atom. The van der Waals surface area contributed by atoms with Crippen LogP contribution in [0.2, 0.25) is 0 Å². The number of rotatable bonds is 4. The molecule has 0 radical (unpaired) electrons. The van der Waals surface area contributed by atoms with Crippen molar-refractivity contribution in [3.05, 3.63) is 48.6 Å². The summed E-state index contributed by atoms with van der Waals surface area (Å²) in [6, 6.07) is 10.1. The Bertz CT molecular complexity index is 213. The molecule has 1 aromatic carbocycles. The molecule has 0 bridgehead atoms. The van der Waals surface area contributed by atoms with E-state index < -0.39 is 0 Å². The zero-order chi connectivity index (χ0) is 7.94. The van der Waals surface area contributed by atoms with Crippen LogP contribution in [0.5, 0.6) is 0 Å². The summed E-state index contributed by atoms with van der Waals surface area (Å²) in [5, 5.41) is 0. The van der Waals surface area contributed by atoms with Gasteiger partial charge in [0.05, 0.1) is 13.2 Å². The van der Waals surface area contributed by atoms with Gasteiger partial charge in [-0.15, -0.1) is 6.58 Å². The van der Waals surface area contributed by atoms with Gasteiger partial charge in [0.2, 0.25) is 0 Å². The molecular formula is C10H13NaO. The minimum absolute atomic E-state index is 0. The Kier molecular flexibility index (Phi) is 7.51. The molecule has 0 spiro atoms. The van der Waals surface area contributed by atoms with Gasteiger partial charge in [0.15, 0.2) is 0 Å². The molecule has 1 aromatic rings. The molecule has 0 aliphatic heterocycles. The normalized spacial score (nSPS) is 8.67. The van der Waals surface area contributed by atoms with Gasteiger partial charge in [-0.25, -0.2) is 0 Å². The standard InChI is InChI=1S/C10H12O.Na.H/c1-2-8-11-9-10-6-4-3-5-7-10;;/h2-7H,1,8-9H2;;/q;+1;-1. The SMILES string of the molecule is C=CCOCc1ccccc1.[H-].[Na+]. The first-order valence-electron chi connectivity index (χ1n) is 3.66. The zero-order valence-corrected chi connectivity index (χ0v) is 9.49. The first-order chi connectivity index (χ1) is 5.43. The third kappa shape index (κ3) is 4.73. The summed E-state index contributed by atoms with van der Waals surface area (Å²) in [7, 11) is 0. The number of benzene rings is 1. The number of ether oxygens (including phenoxy) is 1. The van der Waals surface area contributed by atoms with Crippen molar-refractivity contribution in [1.29, 1.82) is 0 Å². The van der Waals surface area contributed by atoms with Crippen LogP contribution in [0.15, 0.2) is 43.0 Å². The Morgan fingerprint density at radius 2 is 2.00 bits per heavy atom. The monoisotopic (exact) mass is 172 g/mol. The molecule has 0 N–H and O–H groups in total.